The van der Waals surface area contributed by atoms with Crippen LogP contribution in [-0.4, -0.2) is 0 Å². The minimum atomic E-state index is 0.495. The number of ether oxygens (including phenoxy) is 2. The molecular weight excluding hydrogens is 404 g/mol. The van der Waals surface area contributed by atoms with Crippen molar-refractivity contribution in [2.75, 3.05) is 0 Å². The zero-order valence-electron chi connectivity index (χ0n) is 19.4. The van der Waals surface area contributed by atoms with Crippen LogP contribution in [0.25, 0.3) is 5.57 Å². The van der Waals surface area contributed by atoms with Gasteiger partial charge in [0.15, 0.2) is 0 Å². The smallest absolute Gasteiger partial charge is 0.120 e. The van der Waals surface area contributed by atoms with Gasteiger partial charge in [-0.2, -0.15) is 0 Å². The molecule has 0 aliphatic heterocycles. The van der Waals surface area contributed by atoms with Crippen molar-refractivity contribution < 1.29 is 9.47 Å². The van der Waals surface area contributed by atoms with Gasteiger partial charge >= 0.3 is 0 Å². The van der Waals surface area contributed by atoms with Gasteiger partial charge in [-0.05, 0) is 72.6 Å². The Morgan fingerprint density at radius 1 is 0.758 bits per heavy atom. The maximum absolute atomic E-state index is 6.12. The van der Waals surface area contributed by atoms with Crippen molar-refractivity contribution in [2.24, 2.45) is 0 Å². The Bertz CT molecular complexity index is 1120. The van der Waals surface area contributed by atoms with Crippen molar-refractivity contribution in [3.05, 3.63) is 137 Å². The molecule has 0 atom stereocenters. The predicted molar refractivity (Wildman–Crippen MR) is 136 cm³/mol. The molecule has 1 aliphatic carbocycles. The van der Waals surface area contributed by atoms with Crippen molar-refractivity contribution in [1.82, 2.24) is 0 Å². The molecule has 0 saturated carbocycles. The van der Waals surface area contributed by atoms with Gasteiger partial charge in [0.05, 0.1) is 5.76 Å². The van der Waals surface area contributed by atoms with Gasteiger partial charge in [-0.25, -0.2) is 0 Å². The van der Waals surface area contributed by atoms with Crippen molar-refractivity contribution in [1.29, 1.82) is 0 Å². The summed E-state index contributed by atoms with van der Waals surface area (Å²) >= 11 is 0. The van der Waals surface area contributed by atoms with E-state index in [1.807, 2.05) is 49.4 Å². The van der Waals surface area contributed by atoms with E-state index < -0.39 is 0 Å². The van der Waals surface area contributed by atoms with Crippen LogP contribution in [0.1, 0.15) is 47.6 Å². The summed E-state index contributed by atoms with van der Waals surface area (Å²) in [6.07, 6.45) is 8.93. The van der Waals surface area contributed by atoms with Gasteiger partial charge in [-0.1, -0.05) is 85.4 Å². The van der Waals surface area contributed by atoms with Gasteiger partial charge in [-0.15, -0.1) is 0 Å². The predicted octanol–water partition coefficient (Wildman–Crippen LogP) is 7.80. The van der Waals surface area contributed by atoms with Crippen LogP contribution >= 0.6 is 0 Å². The molecule has 33 heavy (non-hydrogen) atoms. The largest absolute Gasteiger partial charge is 0.494 e. The molecule has 2 heteroatoms. The van der Waals surface area contributed by atoms with Crippen LogP contribution in [0, 0.1) is 0 Å². The molecule has 3 aromatic rings. The number of hydrogen-bond acceptors (Lipinski definition) is 2. The highest BCUT2D eigenvalue weighted by molar-refractivity contribution is 5.78. The molecule has 3 aromatic carbocycles. The second kappa shape index (κ2) is 11.4. The van der Waals surface area contributed by atoms with Gasteiger partial charge in [0.2, 0.25) is 0 Å². The maximum atomic E-state index is 6.12. The molecule has 0 amide bonds. The first kappa shape index (κ1) is 22.7. The number of benzene rings is 3. The Kier molecular flexibility index (Phi) is 7.81. The fourth-order valence-electron chi connectivity index (χ4n) is 4.09. The Labute approximate surface area is 197 Å². The third-order valence-electron chi connectivity index (χ3n) is 6.01. The lowest BCUT2D eigenvalue weighted by Gasteiger charge is -2.19. The van der Waals surface area contributed by atoms with E-state index in [1.54, 1.807) is 0 Å². The highest BCUT2D eigenvalue weighted by Crippen LogP contribution is 2.29. The summed E-state index contributed by atoms with van der Waals surface area (Å²) in [6, 6.07) is 27.2. The second-order valence-corrected chi connectivity index (χ2v) is 8.52. The monoisotopic (exact) mass is 436 g/mol. The Morgan fingerprint density at radius 2 is 1.36 bits per heavy atom. The van der Waals surface area contributed by atoms with Crippen LogP contribution in [0.3, 0.4) is 0 Å². The SMILES string of the molecule is C=C(OCc1ccccc1)/C(=C\C=C(/C)OCc1ccccc1)c1ccc2c(c1)CCCC2. The van der Waals surface area contributed by atoms with E-state index in [1.165, 1.54) is 30.4 Å². The number of fused-ring (bicyclic) bond motifs is 1. The topological polar surface area (TPSA) is 18.5 Å². The van der Waals surface area contributed by atoms with Crippen molar-refractivity contribution in [2.45, 2.75) is 45.8 Å². The molecule has 0 spiro atoms. The molecule has 2 nitrogen and oxygen atoms in total. The zero-order valence-corrected chi connectivity index (χ0v) is 19.4. The van der Waals surface area contributed by atoms with E-state index in [4.69, 9.17) is 9.47 Å². The summed E-state index contributed by atoms with van der Waals surface area (Å²) in [5.74, 6) is 1.52. The average Bonchev–Trinajstić information content (AvgIpc) is 2.87. The molecular formula is C31H32O2. The molecule has 0 radical (unpaired) electrons. The number of rotatable bonds is 9. The first-order valence-electron chi connectivity index (χ1n) is 11.7. The van der Waals surface area contributed by atoms with E-state index in [0.717, 1.165) is 34.4 Å². The molecule has 1 aliphatic rings. The quantitative estimate of drug-likeness (QED) is 0.252. The Balaban J connectivity index is 1.54. The standard InChI is InChI=1S/C31H32O2/c1-24(32-22-26-11-5-3-6-12-26)17-20-31(25(2)33-23-27-13-7-4-8-14-27)30-19-18-28-15-9-10-16-29(28)21-30/h3-8,11-14,17-21H,2,9-10,15-16,22-23H2,1H3/b24-17+,31-20+. The highest BCUT2D eigenvalue weighted by Gasteiger charge is 2.13. The van der Waals surface area contributed by atoms with Crippen molar-refractivity contribution >= 4 is 5.57 Å². The fourth-order valence-corrected chi connectivity index (χ4v) is 4.09. The van der Waals surface area contributed by atoms with E-state index >= 15 is 0 Å². The van der Waals surface area contributed by atoms with Gasteiger partial charge in [-0.3, -0.25) is 0 Å². The summed E-state index contributed by atoms with van der Waals surface area (Å²) in [7, 11) is 0. The molecule has 0 N–H and O–H groups in total. The average molecular weight is 437 g/mol. The lowest BCUT2D eigenvalue weighted by atomic mass is 9.88. The lowest BCUT2D eigenvalue weighted by Crippen LogP contribution is -2.04. The van der Waals surface area contributed by atoms with E-state index in [9.17, 15) is 0 Å². The Morgan fingerprint density at radius 3 is 2.03 bits per heavy atom. The maximum Gasteiger partial charge on any atom is 0.120 e. The summed E-state index contributed by atoms with van der Waals surface area (Å²) in [5, 5.41) is 0. The molecule has 168 valence electrons. The Hall–Kier alpha value is -3.52. The normalized spacial score (nSPS) is 13.8. The molecule has 0 aromatic heterocycles. The number of allylic oxidation sites excluding steroid dienone is 4. The molecule has 0 saturated heterocycles. The lowest BCUT2D eigenvalue weighted by molar-refractivity contribution is 0.201. The van der Waals surface area contributed by atoms with Crippen LogP contribution in [0.5, 0.6) is 0 Å². The molecule has 0 unspecified atom stereocenters. The van der Waals surface area contributed by atoms with E-state index in [0.29, 0.717) is 19.0 Å². The summed E-state index contributed by atoms with van der Waals surface area (Å²) in [6.45, 7) is 7.30. The fraction of sp³-hybridized carbons (Fsp3) is 0.226. The first-order valence-corrected chi connectivity index (χ1v) is 11.7. The molecule has 0 heterocycles. The number of hydrogen-bond donors (Lipinski definition) is 0. The van der Waals surface area contributed by atoms with Crippen molar-refractivity contribution in [3.63, 3.8) is 0 Å². The van der Waals surface area contributed by atoms with Crippen LogP contribution in [0.2, 0.25) is 0 Å². The third kappa shape index (κ3) is 6.49. The van der Waals surface area contributed by atoms with Crippen LogP contribution < -0.4 is 0 Å². The summed E-state index contributed by atoms with van der Waals surface area (Å²) in [4.78, 5) is 0. The van der Waals surface area contributed by atoms with E-state index in [-0.39, 0.29) is 0 Å². The van der Waals surface area contributed by atoms with Gasteiger partial charge in [0.25, 0.3) is 0 Å². The van der Waals surface area contributed by atoms with Crippen LogP contribution in [-0.2, 0) is 35.5 Å². The molecule has 0 bridgehead atoms. The minimum Gasteiger partial charge on any atom is -0.494 e. The third-order valence-corrected chi connectivity index (χ3v) is 6.01. The van der Waals surface area contributed by atoms with Gasteiger partial charge < -0.3 is 9.47 Å². The zero-order chi connectivity index (χ0) is 22.9. The van der Waals surface area contributed by atoms with E-state index in [2.05, 4.69) is 55.1 Å². The van der Waals surface area contributed by atoms with Crippen LogP contribution in [0.4, 0.5) is 0 Å². The van der Waals surface area contributed by atoms with Crippen LogP contribution in [0.15, 0.2) is 109 Å². The molecule has 4 rings (SSSR count). The van der Waals surface area contributed by atoms with Gasteiger partial charge in [0.1, 0.15) is 19.0 Å². The first-order chi connectivity index (χ1) is 16.2. The summed E-state index contributed by atoms with van der Waals surface area (Å²) in [5.41, 5.74) is 7.32. The molecule has 0 fully saturated rings. The number of aryl methyl sites for hydroxylation is 2. The van der Waals surface area contributed by atoms with Gasteiger partial charge in [0, 0.05) is 5.57 Å². The summed E-state index contributed by atoms with van der Waals surface area (Å²) < 4.78 is 12.1. The highest BCUT2D eigenvalue weighted by atomic mass is 16.5. The minimum absolute atomic E-state index is 0.495. The van der Waals surface area contributed by atoms with Crippen molar-refractivity contribution in [3.8, 4) is 0 Å². The second-order valence-electron chi connectivity index (χ2n) is 8.52.